The summed E-state index contributed by atoms with van der Waals surface area (Å²) in [5.41, 5.74) is 7.46. The fourth-order valence-electron chi connectivity index (χ4n) is 1.56. The van der Waals surface area contributed by atoms with Gasteiger partial charge in [-0.15, -0.1) is 5.10 Å². The molecule has 2 aromatic rings. The van der Waals surface area contributed by atoms with E-state index in [4.69, 9.17) is 10.5 Å². The highest BCUT2D eigenvalue weighted by atomic mass is 16.5. The van der Waals surface area contributed by atoms with E-state index in [1.807, 2.05) is 51.2 Å². The van der Waals surface area contributed by atoms with E-state index < -0.39 is 0 Å². The van der Waals surface area contributed by atoms with Gasteiger partial charge in [-0.2, -0.15) is 0 Å². The number of benzene rings is 1. The maximum Gasteiger partial charge on any atom is 0.119 e. The van der Waals surface area contributed by atoms with Gasteiger partial charge in [0.15, 0.2) is 0 Å². The lowest BCUT2D eigenvalue weighted by Gasteiger charge is -2.09. The van der Waals surface area contributed by atoms with E-state index in [1.54, 1.807) is 4.68 Å². The number of nitrogens with zero attached hydrogens (tertiary/aromatic N) is 3. The SMILES string of the molecule is CC(C)Oc1ccc(-n2cc(C(C)N)nn2)cc1. The van der Waals surface area contributed by atoms with E-state index in [2.05, 4.69) is 10.3 Å². The van der Waals surface area contributed by atoms with Crippen LogP contribution in [0.5, 0.6) is 5.75 Å². The van der Waals surface area contributed by atoms with Gasteiger partial charge in [-0.3, -0.25) is 0 Å². The van der Waals surface area contributed by atoms with Crippen LogP contribution in [0.15, 0.2) is 30.5 Å². The molecule has 0 saturated carbocycles. The van der Waals surface area contributed by atoms with Crippen LogP contribution in [-0.2, 0) is 0 Å². The topological polar surface area (TPSA) is 66.0 Å². The molecule has 96 valence electrons. The van der Waals surface area contributed by atoms with E-state index in [0.717, 1.165) is 17.1 Å². The van der Waals surface area contributed by atoms with E-state index in [-0.39, 0.29) is 12.1 Å². The normalized spacial score (nSPS) is 12.7. The minimum absolute atomic E-state index is 0.109. The molecule has 1 unspecified atom stereocenters. The molecule has 0 saturated heterocycles. The average molecular weight is 246 g/mol. The minimum atomic E-state index is -0.109. The van der Waals surface area contributed by atoms with Gasteiger partial charge in [-0.25, -0.2) is 4.68 Å². The van der Waals surface area contributed by atoms with E-state index >= 15 is 0 Å². The van der Waals surface area contributed by atoms with Crippen molar-refractivity contribution in [1.29, 1.82) is 0 Å². The molecule has 0 bridgehead atoms. The zero-order chi connectivity index (χ0) is 13.1. The van der Waals surface area contributed by atoms with Crippen LogP contribution < -0.4 is 10.5 Å². The van der Waals surface area contributed by atoms with Gasteiger partial charge in [0.05, 0.1) is 23.7 Å². The standard InChI is InChI=1S/C13H18N4O/c1-9(2)18-12-6-4-11(5-7-12)17-8-13(10(3)14)15-16-17/h4-10H,14H2,1-3H3. The third-order valence-electron chi connectivity index (χ3n) is 2.45. The summed E-state index contributed by atoms with van der Waals surface area (Å²) in [6, 6.07) is 7.61. The molecular weight excluding hydrogens is 228 g/mol. The summed E-state index contributed by atoms with van der Waals surface area (Å²) in [5, 5.41) is 8.06. The van der Waals surface area contributed by atoms with Gasteiger partial charge < -0.3 is 10.5 Å². The van der Waals surface area contributed by atoms with Gasteiger partial charge in [0.1, 0.15) is 5.75 Å². The molecule has 0 amide bonds. The molecule has 2 N–H and O–H groups in total. The molecule has 1 heterocycles. The monoisotopic (exact) mass is 246 g/mol. The van der Waals surface area contributed by atoms with Crippen molar-refractivity contribution in [3.05, 3.63) is 36.2 Å². The van der Waals surface area contributed by atoms with Gasteiger partial charge in [-0.1, -0.05) is 5.21 Å². The van der Waals surface area contributed by atoms with Crippen molar-refractivity contribution in [2.75, 3.05) is 0 Å². The first kappa shape index (κ1) is 12.6. The Labute approximate surface area is 107 Å². The lowest BCUT2D eigenvalue weighted by Crippen LogP contribution is -2.05. The van der Waals surface area contributed by atoms with Crippen molar-refractivity contribution in [2.24, 2.45) is 5.73 Å². The van der Waals surface area contributed by atoms with Crippen molar-refractivity contribution in [1.82, 2.24) is 15.0 Å². The number of aromatic nitrogens is 3. The number of hydrogen-bond donors (Lipinski definition) is 1. The maximum absolute atomic E-state index is 5.75. The second-order valence-electron chi connectivity index (χ2n) is 4.54. The van der Waals surface area contributed by atoms with Crippen molar-refractivity contribution in [3.63, 3.8) is 0 Å². The molecular formula is C13H18N4O. The zero-order valence-electron chi connectivity index (χ0n) is 10.9. The van der Waals surface area contributed by atoms with Crippen molar-refractivity contribution < 1.29 is 4.74 Å². The molecule has 0 fully saturated rings. The Balaban J connectivity index is 2.17. The summed E-state index contributed by atoms with van der Waals surface area (Å²) in [6.45, 7) is 5.88. The van der Waals surface area contributed by atoms with Crippen LogP contribution in [0.3, 0.4) is 0 Å². The van der Waals surface area contributed by atoms with Crippen LogP contribution in [-0.4, -0.2) is 21.1 Å². The Morgan fingerprint density at radius 3 is 2.33 bits per heavy atom. The predicted octanol–water partition coefficient (Wildman–Crippen LogP) is 2.07. The largest absolute Gasteiger partial charge is 0.491 e. The molecule has 0 aliphatic rings. The summed E-state index contributed by atoms with van der Waals surface area (Å²) >= 11 is 0. The molecule has 0 radical (unpaired) electrons. The van der Waals surface area contributed by atoms with Gasteiger partial charge >= 0.3 is 0 Å². The molecule has 1 aromatic carbocycles. The Morgan fingerprint density at radius 1 is 1.17 bits per heavy atom. The van der Waals surface area contributed by atoms with Gasteiger partial charge in [0, 0.05) is 6.04 Å². The van der Waals surface area contributed by atoms with E-state index in [1.165, 1.54) is 0 Å². The molecule has 5 nitrogen and oxygen atoms in total. The van der Waals surface area contributed by atoms with Crippen LogP contribution >= 0.6 is 0 Å². The summed E-state index contributed by atoms with van der Waals surface area (Å²) in [4.78, 5) is 0. The molecule has 0 aliphatic carbocycles. The van der Waals surface area contributed by atoms with Gasteiger partial charge in [-0.05, 0) is 45.0 Å². The second-order valence-corrected chi connectivity index (χ2v) is 4.54. The number of hydrogen-bond acceptors (Lipinski definition) is 4. The van der Waals surface area contributed by atoms with E-state index in [9.17, 15) is 0 Å². The fraction of sp³-hybridized carbons (Fsp3) is 0.385. The quantitative estimate of drug-likeness (QED) is 0.896. The number of ether oxygens (including phenoxy) is 1. The lowest BCUT2D eigenvalue weighted by atomic mass is 10.2. The van der Waals surface area contributed by atoms with Crippen LogP contribution in [0.1, 0.15) is 32.5 Å². The van der Waals surface area contributed by atoms with Crippen LogP contribution in [0.4, 0.5) is 0 Å². The molecule has 0 spiro atoms. The Hall–Kier alpha value is -1.88. The second kappa shape index (κ2) is 5.18. The highest BCUT2D eigenvalue weighted by molar-refractivity contribution is 5.36. The minimum Gasteiger partial charge on any atom is -0.491 e. The third kappa shape index (κ3) is 2.87. The fourth-order valence-corrected chi connectivity index (χ4v) is 1.56. The summed E-state index contributed by atoms with van der Waals surface area (Å²) < 4.78 is 7.29. The van der Waals surface area contributed by atoms with Gasteiger partial charge in [0.2, 0.25) is 0 Å². The highest BCUT2D eigenvalue weighted by Gasteiger charge is 2.06. The first-order valence-electron chi connectivity index (χ1n) is 6.01. The predicted molar refractivity (Wildman–Crippen MR) is 69.7 cm³/mol. The Kier molecular flexibility index (Phi) is 3.62. The maximum atomic E-state index is 5.75. The van der Waals surface area contributed by atoms with Crippen molar-refractivity contribution in [3.8, 4) is 11.4 Å². The first-order valence-corrected chi connectivity index (χ1v) is 6.01. The summed E-state index contributed by atoms with van der Waals surface area (Å²) in [6.07, 6.45) is 2.01. The van der Waals surface area contributed by atoms with Crippen LogP contribution in [0.2, 0.25) is 0 Å². The highest BCUT2D eigenvalue weighted by Crippen LogP contribution is 2.16. The molecule has 2 rings (SSSR count). The summed E-state index contributed by atoms with van der Waals surface area (Å²) in [5.74, 6) is 0.848. The lowest BCUT2D eigenvalue weighted by molar-refractivity contribution is 0.242. The smallest absolute Gasteiger partial charge is 0.119 e. The summed E-state index contributed by atoms with van der Waals surface area (Å²) in [7, 11) is 0. The number of rotatable bonds is 4. The first-order chi connectivity index (χ1) is 8.56. The molecule has 18 heavy (non-hydrogen) atoms. The molecule has 0 aliphatic heterocycles. The van der Waals surface area contributed by atoms with E-state index in [0.29, 0.717) is 0 Å². The average Bonchev–Trinajstić information content (AvgIpc) is 2.78. The zero-order valence-corrected chi connectivity index (χ0v) is 10.9. The van der Waals surface area contributed by atoms with Crippen molar-refractivity contribution in [2.45, 2.75) is 32.9 Å². The molecule has 1 atom stereocenters. The third-order valence-corrected chi connectivity index (χ3v) is 2.45. The van der Waals surface area contributed by atoms with Gasteiger partial charge in [0.25, 0.3) is 0 Å². The molecule has 1 aromatic heterocycles. The van der Waals surface area contributed by atoms with Crippen LogP contribution in [0.25, 0.3) is 5.69 Å². The number of nitrogens with two attached hydrogens (primary N) is 1. The Bertz CT molecular complexity index is 502. The van der Waals surface area contributed by atoms with Crippen LogP contribution in [0, 0.1) is 0 Å². The Morgan fingerprint density at radius 2 is 1.83 bits per heavy atom. The molecule has 5 heteroatoms. The van der Waals surface area contributed by atoms with Crippen molar-refractivity contribution >= 4 is 0 Å².